The highest BCUT2D eigenvalue weighted by Crippen LogP contribution is 2.41. The van der Waals surface area contributed by atoms with Gasteiger partial charge in [0.2, 0.25) is 0 Å². The molecule has 4 rings (SSSR count). The van der Waals surface area contributed by atoms with Gasteiger partial charge in [0.05, 0.1) is 5.56 Å². The van der Waals surface area contributed by atoms with Crippen LogP contribution in [0.5, 0.6) is 11.5 Å². The molecule has 1 aliphatic heterocycles. The van der Waals surface area contributed by atoms with Gasteiger partial charge in [-0.1, -0.05) is 80.4 Å². The smallest absolute Gasteiger partial charge is 0.338 e. The standard InChI is InChI=1S/C36H34O5S.C2H4/c1-7-24-17-20-33-35(31(24)9-3)34(30(8-2)23(5)6)32(10-4)38-21-29(22-39-33)40-36(37)27-13-11-25(12-14-27)26-15-18-28(41-42)19-16-26;1-2/h7-20,29,42H,1-4,21-22H2,5-6H3;1-2H2/b34-32-;. The number of hydrogen-bond donors (Lipinski definition) is 1. The van der Waals surface area contributed by atoms with Crippen molar-refractivity contribution in [3.05, 3.63) is 151 Å². The third-order valence-corrected chi connectivity index (χ3v) is 7.11. The first-order chi connectivity index (χ1) is 21.3. The molecule has 5 nitrogen and oxygen atoms in total. The summed E-state index contributed by atoms with van der Waals surface area (Å²) in [5.41, 5.74) is 7.53. The summed E-state index contributed by atoms with van der Waals surface area (Å²) in [6, 6.07) is 18.5. The molecule has 0 bridgehead atoms. The third kappa shape index (κ3) is 7.52. The van der Waals surface area contributed by atoms with Crippen LogP contribution in [-0.4, -0.2) is 25.3 Å². The molecule has 1 unspecified atom stereocenters. The van der Waals surface area contributed by atoms with Crippen LogP contribution in [0.4, 0.5) is 0 Å². The summed E-state index contributed by atoms with van der Waals surface area (Å²) in [6.45, 7) is 26.2. The lowest BCUT2D eigenvalue weighted by Crippen LogP contribution is -2.29. The Balaban J connectivity index is 0.00000259. The monoisotopic (exact) mass is 606 g/mol. The predicted molar refractivity (Wildman–Crippen MR) is 186 cm³/mol. The van der Waals surface area contributed by atoms with E-state index < -0.39 is 12.1 Å². The summed E-state index contributed by atoms with van der Waals surface area (Å²) in [5, 5.41) is 0. The Morgan fingerprint density at radius 1 is 0.841 bits per heavy atom. The maximum atomic E-state index is 13.2. The summed E-state index contributed by atoms with van der Waals surface area (Å²) >= 11 is 3.82. The van der Waals surface area contributed by atoms with E-state index in [-0.39, 0.29) is 13.2 Å². The van der Waals surface area contributed by atoms with Crippen molar-refractivity contribution in [2.24, 2.45) is 0 Å². The maximum absolute atomic E-state index is 13.2. The Morgan fingerprint density at radius 3 is 1.98 bits per heavy atom. The van der Waals surface area contributed by atoms with E-state index in [9.17, 15) is 4.79 Å². The zero-order valence-electron chi connectivity index (χ0n) is 25.3. The van der Waals surface area contributed by atoms with Crippen LogP contribution >= 0.6 is 12.9 Å². The number of thiol groups is 1. The van der Waals surface area contributed by atoms with Gasteiger partial charge in [0.25, 0.3) is 0 Å². The van der Waals surface area contributed by atoms with Crippen molar-refractivity contribution in [3.63, 3.8) is 0 Å². The van der Waals surface area contributed by atoms with Crippen molar-refractivity contribution >= 4 is 36.6 Å². The van der Waals surface area contributed by atoms with Crippen molar-refractivity contribution in [2.75, 3.05) is 13.2 Å². The zero-order valence-corrected chi connectivity index (χ0v) is 26.2. The Kier molecular flexibility index (Phi) is 12.2. The van der Waals surface area contributed by atoms with E-state index in [1.807, 2.05) is 62.4 Å². The number of ether oxygens (including phenoxy) is 3. The molecule has 3 aromatic rings. The molecule has 44 heavy (non-hydrogen) atoms. The molecule has 0 N–H and O–H groups in total. The number of carbonyl (C=O) groups is 1. The fourth-order valence-electron chi connectivity index (χ4n) is 4.78. The minimum absolute atomic E-state index is 0.0626. The van der Waals surface area contributed by atoms with E-state index in [2.05, 4.69) is 52.4 Å². The van der Waals surface area contributed by atoms with E-state index in [0.717, 1.165) is 44.5 Å². The van der Waals surface area contributed by atoms with Crippen molar-refractivity contribution in [1.82, 2.24) is 0 Å². The Labute approximate surface area is 266 Å². The number of benzene rings is 3. The van der Waals surface area contributed by atoms with Gasteiger partial charge in [0.1, 0.15) is 30.5 Å². The first kappa shape index (κ1) is 33.6. The molecule has 0 fully saturated rings. The molecule has 1 aliphatic rings. The van der Waals surface area contributed by atoms with Gasteiger partial charge >= 0.3 is 5.97 Å². The number of fused-ring (bicyclic) bond motifs is 1. The number of allylic oxidation sites excluding steroid dienone is 5. The van der Waals surface area contributed by atoms with Crippen LogP contribution in [0, 0.1) is 0 Å². The van der Waals surface area contributed by atoms with Crippen molar-refractivity contribution in [1.29, 1.82) is 0 Å². The summed E-state index contributed by atoms with van der Waals surface area (Å²) in [7, 11) is 0. The van der Waals surface area contributed by atoms with E-state index in [1.54, 1.807) is 36.4 Å². The number of rotatable bonds is 9. The van der Waals surface area contributed by atoms with E-state index in [0.29, 0.717) is 22.8 Å². The minimum atomic E-state index is -0.696. The SMILES string of the molecule is C=C.C=CC(=C(C)C)/C1=C(\C=C)OCC(OC(=O)c2ccc(-c3ccc(OS)cc3)cc2)COc2ccc(C=C)c(C=C)c21. The average molecular weight is 607 g/mol. The van der Waals surface area contributed by atoms with Crippen molar-refractivity contribution in [3.8, 4) is 22.6 Å². The van der Waals surface area contributed by atoms with Gasteiger partial charge in [0, 0.05) is 24.0 Å². The topological polar surface area (TPSA) is 54.0 Å². The Morgan fingerprint density at radius 2 is 1.45 bits per heavy atom. The second-order valence-electron chi connectivity index (χ2n) is 9.75. The molecule has 0 radical (unpaired) electrons. The first-order valence-electron chi connectivity index (χ1n) is 13.9. The first-order valence-corrected chi connectivity index (χ1v) is 14.3. The van der Waals surface area contributed by atoms with E-state index >= 15 is 0 Å². The normalized spacial score (nSPS) is 15.5. The molecule has 226 valence electrons. The molecular formula is C38H38O5S. The van der Waals surface area contributed by atoms with Crippen molar-refractivity contribution in [2.45, 2.75) is 20.0 Å². The fraction of sp³-hybridized carbons (Fsp3) is 0.132. The van der Waals surface area contributed by atoms with Gasteiger partial charge in [0.15, 0.2) is 6.10 Å². The third-order valence-electron chi connectivity index (χ3n) is 6.90. The molecule has 0 spiro atoms. The largest absolute Gasteiger partial charge is 0.489 e. The Bertz CT molecular complexity index is 1590. The molecule has 3 aromatic carbocycles. The molecule has 6 heteroatoms. The summed E-state index contributed by atoms with van der Waals surface area (Å²) in [6.07, 6.45) is 6.28. The quantitative estimate of drug-likeness (QED) is 0.0864. The van der Waals surface area contributed by atoms with Gasteiger partial charge in [-0.05, 0) is 78.1 Å². The minimum Gasteiger partial charge on any atom is -0.489 e. The average Bonchev–Trinajstić information content (AvgIpc) is 3.13. The van der Waals surface area contributed by atoms with Crippen LogP contribution < -0.4 is 8.92 Å². The van der Waals surface area contributed by atoms with E-state index in [4.69, 9.17) is 18.4 Å². The van der Waals surface area contributed by atoms with Crippen LogP contribution in [0.1, 0.15) is 40.9 Å². The van der Waals surface area contributed by atoms with Crippen LogP contribution in [0.25, 0.3) is 28.9 Å². The molecule has 1 atom stereocenters. The summed E-state index contributed by atoms with van der Waals surface area (Å²) in [4.78, 5) is 13.2. The van der Waals surface area contributed by atoms with Crippen LogP contribution in [0.2, 0.25) is 0 Å². The van der Waals surface area contributed by atoms with Crippen LogP contribution in [0.3, 0.4) is 0 Å². The molecule has 0 saturated heterocycles. The number of hydrogen-bond acceptors (Lipinski definition) is 6. The van der Waals surface area contributed by atoms with Gasteiger partial charge in [-0.2, -0.15) is 0 Å². The highest BCUT2D eigenvalue weighted by atomic mass is 32.1. The molecular weight excluding hydrogens is 568 g/mol. The number of carbonyl (C=O) groups excluding carboxylic acids is 1. The number of esters is 1. The highest BCUT2D eigenvalue weighted by molar-refractivity contribution is 7.75. The lowest BCUT2D eigenvalue weighted by Gasteiger charge is -2.21. The predicted octanol–water partition coefficient (Wildman–Crippen LogP) is 9.72. The lowest BCUT2D eigenvalue weighted by molar-refractivity contribution is -0.00563. The molecule has 0 aliphatic carbocycles. The van der Waals surface area contributed by atoms with Gasteiger partial charge in [-0.25, -0.2) is 4.79 Å². The maximum Gasteiger partial charge on any atom is 0.338 e. The fourth-order valence-corrected chi connectivity index (χ4v) is 4.90. The molecule has 1 heterocycles. The summed E-state index contributed by atoms with van der Waals surface area (Å²) < 4.78 is 23.4. The zero-order chi connectivity index (χ0) is 32.2. The van der Waals surface area contributed by atoms with Gasteiger partial charge in [-0.15, -0.1) is 13.2 Å². The van der Waals surface area contributed by atoms with Crippen LogP contribution in [-0.2, 0) is 9.47 Å². The van der Waals surface area contributed by atoms with Gasteiger partial charge in [-0.3, -0.25) is 0 Å². The molecule has 0 amide bonds. The van der Waals surface area contributed by atoms with Crippen LogP contribution in [0.15, 0.2) is 129 Å². The lowest BCUT2D eigenvalue weighted by atomic mass is 9.87. The van der Waals surface area contributed by atoms with E-state index in [1.165, 1.54) is 0 Å². The molecule has 0 saturated carbocycles. The highest BCUT2D eigenvalue weighted by Gasteiger charge is 2.27. The van der Waals surface area contributed by atoms with Gasteiger partial charge < -0.3 is 18.4 Å². The molecule has 0 aromatic heterocycles. The second-order valence-corrected chi connectivity index (χ2v) is 9.94. The van der Waals surface area contributed by atoms with Crippen molar-refractivity contribution < 1.29 is 23.2 Å². The summed E-state index contributed by atoms with van der Waals surface area (Å²) in [5.74, 6) is 1.28. The Hall–Kier alpha value is -4.94. The second kappa shape index (κ2) is 16.1.